The molecule has 29 heavy (non-hydrogen) atoms. The first-order chi connectivity index (χ1) is 14.2. The predicted molar refractivity (Wildman–Crippen MR) is 115 cm³/mol. The Morgan fingerprint density at radius 1 is 0.828 bits per heavy atom. The van der Waals surface area contributed by atoms with E-state index >= 15 is 0 Å². The van der Waals surface area contributed by atoms with Gasteiger partial charge in [-0.05, 0) is 30.0 Å². The van der Waals surface area contributed by atoms with Gasteiger partial charge in [0.1, 0.15) is 0 Å². The van der Waals surface area contributed by atoms with E-state index in [4.69, 9.17) is 0 Å². The molecule has 0 aliphatic carbocycles. The van der Waals surface area contributed by atoms with Gasteiger partial charge in [-0.15, -0.1) is 0 Å². The van der Waals surface area contributed by atoms with Crippen LogP contribution in [0, 0.1) is 0 Å². The lowest BCUT2D eigenvalue weighted by atomic mass is 10.1. The number of hydrogen-bond acceptors (Lipinski definition) is 2. The van der Waals surface area contributed by atoms with Crippen LogP contribution >= 0.6 is 0 Å². The third-order valence-electron chi connectivity index (χ3n) is 5.69. The smallest absolute Gasteiger partial charge is 0.227 e. The molecule has 5 nitrogen and oxygen atoms in total. The van der Waals surface area contributed by atoms with Crippen LogP contribution in [-0.2, 0) is 22.4 Å². The van der Waals surface area contributed by atoms with Crippen LogP contribution in [0.1, 0.15) is 24.0 Å². The lowest BCUT2D eigenvalue weighted by molar-refractivity contribution is -0.139. The highest BCUT2D eigenvalue weighted by atomic mass is 16.2. The van der Waals surface area contributed by atoms with Crippen molar-refractivity contribution in [2.45, 2.75) is 25.7 Å². The minimum atomic E-state index is 0.141. The summed E-state index contributed by atoms with van der Waals surface area (Å²) < 4.78 is 0. The van der Waals surface area contributed by atoms with Gasteiger partial charge >= 0.3 is 0 Å². The molecule has 4 rings (SSSR count). The number of H-pyrrole nitrogens is 1. The maximum atomic E-state index is 12.6. The number of nitrogens with zero attached hydrogens (tertiary/aromatic N) is 2. The van der Waals surface area contributed by atoms with Crippen molar-refractivity contribution in [2.24, 2.45) is 0 Å². The largest absolute Gasteiger partial charge is 0.361 e. The van der Waals surface area contributed by atoms with E-state index in [2.05, 4.69) is 17.1 Å². The molecule has 2 aromatic carbocycles. The molecule has 5 heteroatoms. The molecule has 0 radical (unpaired) electrons. The van der Waals surface area contributed by atoms with Crippen LogP contribution in [0.4, 0.5) is 0 Å². The Balaban J connectivity index is 1.21. The number of hydrogen-bond donors (Lipinski definition) is 1. The zero-order valence-corrected chi connectivity index (χ0v) is 16.6. The Labute approximate surface area is 171 Å². The van der Waals surface area contributed by atoms with E-state index < -0.39 is 0 Å². The molecule has 150 valence electrons. The summed E-state index contributed by atoms with van der Waals surface area (Å²) in [5.74, 6) is 0.336. The summed E-state index contributed by atoms with van der Waals surface area (Å²) in [4.78, 5) is 32.1. The molecule has 1 aliphatic heterocycles. The maximum absolute atomic E-state index is 12.6. The molecule has 1 fully saturated rings. The highest BCUT2D eigenvalue weighted by Crippen LogP contribution is 2.19. The standard InChI is InChI=1S/C24H27N3O2/c28-23(12-6-9-20-18-25-22-11-5-4-10-21(20)22)26-13-15-27(16-14-26)24(29)17-19-7-2-1-3-8-19/h1-5,7-8,10-11,18,25H,6,9,12-17H2. The normalized spacial score (nSPS) is 14.3. The topological polar surface area (TPSA) is 56.4 Å². The van der Waals surface area contributed by atoms with E-state index in [-0.39, 0.29) is 11.8 Å². The highest BCUT2D eigenvalue weighted by Gasteiger charge is 2.23. The molecule has 3 aromatic rings. The fraction of sp³-hybridized carbons (Fsp3) is 0.333. The van der Waals surface area contributed by atoms with Crippen molar-refractivity contribution < 1.29 is 9.59 Å². The Morgan fingerprint density at radius 2 is 1.48 bits per heavy atom. The van der Waals surface area contributed by atoms with Gasteiger partial charge in [0.2, 0.25) is 11.8 Å². The number of aromatic nitrogens is 1. The molecular weight excluding hydrogens is 362 g/mol. The summed E-state index contributed by atoms with van der Waals surface area (Å²) in [6, 6.07) is 18.1. The Morgan fingerprint density at radius 3 is 2.24 bits per heavy atom. The molecule has 0 bridgehead atoms. The van der Waals surface area contributed by atoms with Gasteiger partial charge in [0.25, 0.3) is 0 Å². The van der Waals surface area contributed by atoms with Crippen molar-refractivity contribution in [3.8, 4) is 0 Å². The van der Waals surface area contributed by atoms with Crippen LogP contribution in [0.15, 0.2) is 60.8 Å². The van der Waals surface area contributed by atoms with E-state index in [9.17, 15) is 9.59 Å². The van der Waals surface area contributed by atoms with Gasteiger partial charge in [-0.25, -0.2) is 0 Å². The lowest BCUT2D eigenvalue weighted by Crippen LogP contribution is -2.51. The number of nitrogens with one attached hydrogen (secondary N) is 1. The van der Waals surface area contributed by atoms with Gasteiger partial charge in [0.05, 0.1) is 6.42 Å². The van der Waals surface area contributed by atoms with Crippen LogP contribution < -0.4 is 0 Å². The molecule has 1 aromatic heterocycles. The molecule has 0 spiro atoms. The number of rotatable bonds is 6. The van der Waals surface area contributed by atoms with E-state index in [1.807, 2.05) is 58.5 Å². The zero-order chi connectivity index (χ0) is 20.1. The van der Waals surface area contributed by atoms with Crippen LogP contribution in [0.25, 0.3) is 10.9 Å². The minimum Gasteiger partial charge on any atom is -0.361 e. The molecule has 1 N–H and O–H groups in total. The first kappa shape index (κ1) is 19.2. The van der Waals surface area contributed by atoms with Crippen molar-refractivity contribution in [1.82, 2.24) is 14.8 Å². The quantitative estimate of drug-likeness (QED) is 0.702. The number of aromatic amines is 1. The number of para-hydroxylation sites is 1. The third-order valence-corrected chi connectivity index (χ3v) is 5.69. The summed E-state index contributed by atoms with van der Waals surface area (Å²) in [5, 5.41) is 1.24. The Hall–Kier alpha value is -3.08. The molecule has 0 saturated carbocycles. The summed E-state index contributed by atoms with van der Waals surface area (Å²) in [5.41, 5.74) is 3.45. The second kappa shape index (κ2) is 8.95. The van der Waals surface area contributed by atoms with Crippen LogP contribution in [0.2, 0.25) is 0 Å². The van der Waals surface area contributed by atoms with Crippen LogP contribution in [-0.4, -0.2) is 52.8 Å². The average molecular weight is 389 g/mol. The number of fused-ring (bicyclic) bond motifs is 1. The monoisotopic (exact) mass is 389 g/mol. The first-order valence-electron chi connectivity index (χ1n) is 10.3. The van der Waals surface area contributed by atoms with Crippen molar-refractivity contribution in [2.75, 3.05) is 26.2 Å². The fourth-order valence-corrected chi connectivity index (χ4v) is 4.01. The van der Waals surface area contributed by atoms with Crippen molar-refractivity contribution in [1.29, 1.82) is 0 Å². The van der Waals surface area contributed by atoms with Crippen molar-refractivity contribution in [3.63, 3.8) is 0 Å². The molecule has 1 saturated heterocycles. The average Bonchev–Trinajstić information content (AvgIpc) is 3.18. The molecular formula is C24H27N3O2. The van der Waals surface area contributed by atoms with Gasteiger partial charge in [-0.1, -0.05) is 48.5 Å². The number of amides is 2. The van der Waals surface area contributed by atoms with Gasteiger partial charge < -0.3 is 14.8 Å². The van der Waals surface area contributed by atoms with Crippen molar-refractivity contribution >= 4 is 22.7 Å². The van der Waals surface area contributed by atoms with Gasteiger partial charge in [-0.2, -0.15) is 0 Å². The second-order valence-corrected chi connectivity index (χ2v) is 7.64. The summed E-state index contributed by atoms with van der Waals surface area (Å²) in [6.07, 6.45) is 4.77. The number of carbonyl (C=O) groups excluding carboxylic acids is 2. The van der Waals surface area contributed by atoms with E-state index in [0.29, 0.717) is 39.0 Å². The van der Waals surface area contributed by atoms with Gasteiger partial charge in [0.15, 0.2) is 0 Å². The number of aryl methyl sites for hydroxylation is 1. The summed E-state index contributed by atoms with van der Waals surface area (Å²) >= 11 is 0. The highest BCUT2D eigenvalue weighted by molar-refractivity contribution is 5.83. The molecule has 1 aliphatic rings. The molecule has 0 atom stereocenters. The maximum Gasteiger partial charge on any atom is 0.227 e. The lowest BCUT2D eigenvalue weighted by Gasteiger charge is -2.35. The predicted octanol–water partition coefficient (Wildman–Crippen LogP) is 3.40. The molecule has 0 unspecified atom stereocenters. The fourth-order valence-electron chi connectivity index (χ4n) is 4.01. The van der Waals surface area contributed by atoms with E-state index in [1.54, 1.807) is 0 Å². The van der Waals surface area contributed by atoms with Crippen LogP contribution in [0.3, 0.4) is 0 Å². The number of piperazine rings is 1. The zero-order valence-electron chi connectivity index (χ0n) is 16.6. The summed E-state index contributed by atoms with van der Waals surface area (Å²) in [6.45, 7) is 2.51. The second-order valence-electron chi connectivity index (χ2n) is 7.64. The van der Waals surface area contributed by atoms with Gasteiger partial charge in [-0.3, -0.25) is 9.59 Å². The van der Waals surface area contributed by atoms with E-state index in [0.717, 1.165) is 23.9 Å². The Kier molecular flexibility index (Phi) is 5.94. The van der Waals surface area contributed by atoms with E-state index in [1.165, 1.54) is 10.9 Å². The van der Waals surface area contributed by atoms with Crippen LogP contribution in [0.5, 0.6) is 0 Å². The molecule has 2 amide bonds. The number of carbonyl (C=O) groups is 2. The minimum absolute atomic E-state index is 0.141. The Bertz CT molecular complexity index is 972. The number of benzene rings is 2. The summed E-state index contributed by atoms with van der Waals surface area (Å²) in [7, 11) is 0. The van der Waals surface area contributed by atoms with Gasteiger partial charge in [0, 0.05) is 49.7 Å². The molecule has 2 heterocycles. The SMILES string of the molecule is O=C(CCCc1c[nH]c2ccccc12)N1CCN(C(=O)Cc2ccccc2)CC1. The van der Waals surface area contributed by atoms with Crippen molar-refractivity contribution in [3.05, 3.63) is 71.9 Å². The third kappa shape index (κ3) is 4.67. The first-order valence-corrected chi connectivity index (χ1v) is 10.3.